The second-order valence-corrected chi connectivity index (χ2v) is 7.56. The highest BCUT2D eigenvalue weighted by Crippen LogP contribution is 2.36. The standard InChI is InChI=1S/C17H22N6O5S/c1-29-17-19-14(22-4-6-27-7-5-22)11-9(2-3-18)21-23(15(11)20-17)16-13(26)12(25)10(8-24)28-16/h10,12-13,16,24-26H,2,4-8H2,1H3/t10-,12-,13-,16-/m1/s1. The Kier molecular flexibility index (Phi) is 5.86. The normalized spacial score (nSPS) is 27.5. The number of fused-ring (bicyclic) bond motifs is 1. The van der Waals surface area contributed by atoms with E-state index in [2.05, 4.69) is 26.0 Å². The van der Waals surface area contributed by atoms with Crippen LogP contribution in [0.1, 0.15) is 11.9 Å². The van der Waals surface area contributed by atoms with E-state index in [9.17, 15) is 20.6 Å². The number of morpholine rings is 1. The van der Waals surface area contributed by atoms with Gasteiger partial charge in [0.05, 0.1) is 43.4 Å². The Hall–Kier alpha value is -2.01. The lowest BCUT2D eigenvalue weighted by molar-refractivity contribution is -0.0568. The van der Waals surface area contributed by atoms with Crippen LogP contribution < -0.4 is 4.90 Å². The number of ether oxygens (including phenoxy) is 2. The number of anilines is 1. The van der Waals surface area contributed by atoms with Crippen LogP contribution in [-0.2, 0) is 15.9 Å². The quantitative estimate of drug-likeness (QED) is 0.405. The Morgan fingerprint density at radius 3 is 2.62 bits per heavy atom. The molecule has 4 rings (SSSR count). The van der Waals surface area contributed by atoms with Crippen molar-refractivity contribution in [2.75, 3.05) is 44.1 Å². The van der Waals surface area contributed by atoms with E-state index in [1.807, 2.05) is 6.26 Å². The fourth-order valence-electron chi connectivity index (χ4n) is 3.62. The van der Waals surface area contributed by atoms with Crippen molar-refractivity contribution in [1.29, 1.82) is 5.26 Å². The molecule has 0 amide bonds. The SMILES string of the molecule is CSc1nc(N2CCOCC2)c2c(CC#N)nn([C@@H]3O[C@H](CO)[C@@H](O)[C@H]3O)c2n1. The van der Waals surface area contributed by atoms with Gasteiger partial charge in [0.25, 0.3) is 0 Å². The molecular weight excluding hydrogens is 400 g/mol. The Labute approximate surface area is 170 Å². The molecule has 0 radical (unpaired) electrons. The molecule has 0 unspecified atom stereocenters. The maximum absolute atomic E-state index is 10.5. The predicted octanol–water partition coefficient (Wildman–Crippen LogP) is -0.938. The third-order valence-electron chi connectivity index (χ3n) is 5.08. The Morgan fingerprint density at radius 2 is 2.00 bits per heavy atom. The molecule has 4 atom stereocenters. The summed E-state index contributed by atoms with van der Waals surface area (Å²) in [4.78, 5) is 11.3. The predicted molar refractivity (Wildman–Crippen MR) is 102 cm³/mol. The van der Waals surface area contributed by atoms with Crippen LogP contribution >= 0.6 is 11.8 Å². The van der Waals surface area contributed by atoms with Gasteiger partial charge in [-0.25, -0.2) is 14.6 Å². The molecule has 2 aromatic heterocycles. The summed E-state index contributed by atoms with van der Waals surface area (Å²) in [6.45, 7) is 1.98. The molecule has 156 valence electrons. The van der Waals surface area contributed by atoms with Gasteiger partial charge >= 0.3 is 0 Å². The van der Waals surface area contributed by atoms with Crippen LogP contribution in [0.4, 0.5) is 5.82 Å². The molecule has 0 spiro atoms. The first-order valence-electron chi connectivity index (χ1n) is 9.24. The average Bonchev–Trinajstić information content (AvgIpc) is 3.25. The molecule has 4 heterocycles. The van der Waals surface area contributed by atoms with Crippen molar-refractivity contribution in [2.45, 2.75) is 36.1 Å². The number of rotatable bonds is 5. The summed E-state index contributed by atoms with van der Waals surface area (Å²) in [6, 6.07) is 2.11. The van der Waals surface area contributed by atoms with Crippen LogP contribution in [0.5, 0.6) is 0 Å². The van der Waals surface area contributed by atoms with Crippen molar-refractivity contribution < 1.29 is 24.8 Å². The number of aromatic nitrogens is 4. The van der Waals surface area contributed by atoms with Crippen LogP contribution in [0, 0.1) is 11.3 Å². The maximum atomic E-state index is 10.5. The molecule has 2 aliphatic heterocycles. The Morgan fingerprint density at radius 1 is 1.24 bits per heavy atom. The third kappa shape index (κ3) is 3.54. The van der Waals surface area contributed by atoms with Crippen LogP contribution in [-0.4, -0.2) is 92.5 Å². The maximum Gasteiger partial charge on any atom is 0.191 e. The van der Waals surface area contributed by atoms with Gasteiger partial charge in [-0.05, 0) is 6.26 Å². The zero-order valence-electron chi connectivity index (χ0n) is 15.8. The minimum absolute atomic E-state index is 0.0254. The topological polar surface area (TPSA) is 150 Å². The fraction of sp³-hybridized carbons (Fsp3) is 0.647. The number of hydrogen-bond donors (Lipinski definition) is 3. The molecule has 3 N–H and O–H groups in total. The van der Waals surface area contributed by atoms with Gasteiger partial charge in [-0.3, -0.25) is 0 Å². The van der Waals surface area contributed by atoms with E-state index in [0.29, 0.717) is 54.0 Å². The third-order valence-corrected chi connectivity index (χ3v) is 5.63. The number of nitrogens with zero attached hydrogens (tertiary/aromatic N) is 6. The summed E-state index contributed by atoms with van der Waals surface area (Å²) >= 11 is 1.36. The van der Waals surface area contributed by atoms with Crippen molar-refractivity contribution in [3.05, 3.63) is 5.69 Å². The first kappa shape index (κ1) is 20.3. The van der Waals surface area contributed by atoms with Gasteiger partial charge in [0.1, 0.15) is 24.1 Å². The zero-order valence-corrected chi connectivity index (χ0v) is 16.6. The first-order valence-corrected chi connectivity index (χ1v) is 10.5. The first-order chi connectivity index (χ1) is 14.1. The number of hydrogen-bond acceptors (Lipinski definition) is 11. The molecule has 0 aliphatic carbocycles. The molecule has 12 heteroatoms. The molecule has 0 bridgehead atoms. The fourth-order valence-corrected chi connectivity index (χ4v) is 3.98. The highest BCUT2D eigenvalue weighted by Gasteiger charge is 2.45. The van der Waals surface area contributed by atoms with Gasteiger partial charge < -0.3 is 29.7 Å². The minimum Gasteiger partial charge on any atom is -0.394 e. The van der Waals surface area contributed by atoms with E-state index >= 15 is 0 Å². The van der Waals surface area contributed by atoms with Gasteiger partial charge in [-0.1, -0.05) is 11.8 Å². The monoisotopic (exact) mass is 422 g/mol. The molecule has 2 saturated heterocycles. The van der Waals surface area contributed by atoms with Crippen molar-refractivity contribution in [2.24, 2.45) is 0 Å². The summed E-state index contributed by atoms with van der Waals surface area (Å²) in [5.41, 5.74) is 0.875. The van der Waals surface area contributed by atoms with E-state index in [-0.39, 0.29) is 6.42 Å². The average molecular weight is 422 g/mol. The molecular formula is C17H22N6O5S. The Balaban J connectivity index is 1.89. The minimum atomic E-state index is -1.30. The van der Waals surface area contributed by atoms with E-state index in [4.69, 9.17) is 9.47 Å². The van der Waals surface area contributed by atoms with Crippen molar-refractivity contribution in [3.63, 3.8) is 0 Å². The van der Waals surface area contributed by atoms with E-state index < -0.39 is 31.1 Å². The number of thioether (sulfide) groups is 1. The van der Waals surface area contributed by atoms with Crippen molar-refractivity contribution >= 4 is 28.6 Å². The highest BCUT2D eigenvalue weighted by atomic mass is 32.2. The molecule has 11 nitrogen and oxygen atoms in total. The molecule has 2 aliphatic rings. The number of nitriles is 1. The van der Waals surface area contributed by atoms with Crippen molar-refractivity contribution in [1.82, 2.24) is 19.7 Å². The second-order valence-electron chi connectivity index (χ2n) is 6.79. The summed E-state index contributed by atoms with van der Waals surface area (Å²) in [6.07, 6.45) is -2.66. The molecule has 2 fully saturated rings. The van der Waals surface area contributed by atoms with E-state index in [1.165, 1.54) is 16.4 Å². The van der Waals surface area contributed by atoms with Crippen LogP contribution in [0.15, 0.2) is 5.16 Å². The summed E-state index contributed by atoms with van der Waals surface area (Å²) < 4.78 is 12.5. The van der Waals surface area contributed by atoms with E-state index in [0.717, 1.165) is 0 Å². The van der Waals surface area contributed by atoms with Crippen molar-refractivity contribution in [3.8, 4) is 6.07 Å². The van der Waals surface area contributed by atoms with Crippen LogP contribution in [0.2, 0.25) is 0 Å². The second kappa shape index (κ2) is 8.39. The largest absolute Gasteiger partial charge is 0.394 e. The van der Waals surface area contributed by atoms with Crippen LogP contribution in [0.25, 0.3) is 11.0 Å². The molecule has 0 aromatic carbocycles. The lowest BCUT2D eigenvalue weighted by atomic mass is 10.1. The lowest BCUT2D eigenvalue weighted by Gasteiger charge is -2.28. The van der Waals surface area contributed by atoms with E-state index in [1.54, 1.807) is 0 Å². The summed E-state index contributed by atoms with van der Waals surface area (Å²) in [5, 5.41) is 44.9. The molecule has 0 saturated carbocycles. The van der Waals surface area contributed by atoms with Gasteiger partial charge in [-0.15, -0.1) is 0 Å². The Bertz CT molecular complexity index is 927. The molecule has 29 heavy (non-hydrogen) atoms. The highest BCUT2D eigenvalue weighted by molar-refractivity contribution is 7.98. The summed E-state index contributed by atoms with van der Waals surface area (Å²) in [7, 11) is 0. The lowest BCUT2D eigenvalue weighted by Crippen LogP contribution is -2.37. The van der Waals surface area contributed by atoms with Gasteiger partial charge in [-0.2, -0.15) is 10.4 Å². The van der Waals surface area contributed by atoms with Gasteiger partial charge in [0, 0.05) is 13.1 Å². The van der Waals surface area contributed by atoms with Gasteiger partial charge in [0.15, 0.2) is 17.0 Å². The smallest absolute Gasteiger partial charge is 0.191 e. The number of aliphatic hydroxyl groups is 3. The summed E-state index contributed by atoms with van der Waals surface area (Å²) in [5.74, 6) is 0.658. The zero-order chi connectivity index (χ0) is 20.5. The molecule has 2 aromatic rings. The number of aliphatic hydroxyl groups excluding tert-OH is 3. The van der Waals surface area contributed by atoms with Crippen LogP contribution in [0.3, 0.4) is 0 Å². The van der Waals surface area contributed by atoms with Gasteiger partial charge in [0.2, 0.25) is 0 Å².